The average Bonchev–Trinajstić information content (AvgIpc) is 3.23. The van der Waals surface area contributed by atoms with Crippen molar-refractivity contribution in [3.8, 4) is 16.8 Å². The van der Waals surface area contributed by atoms with E-state index in [9.17, 15) is 0 Å². The van der Waals surface area contributed by atoms with Gasteiger partial charge in [0.2, 0.25) is 0 Å². The highest BCUT2D eigenvalue weighted by Crippen LogP contribution is 2.51. The third-order valence-corrected chi connectivity index (χ3v) is 8.19. The summed E-state index contributed by atoms with van der Waals surface area (Å²) in [5, 5.41) is 7.68. The number of fused-ring (bicyclic) bond motifs is 7. The molecule has 0 unspecified atom stereocenters. The van der Waals surface area contributed by atoms with Gasteiger partial charge in [-0.1, -0.05) is 78.5 Å². The van der Waals surface area contributed by atoms with Crippen molar-refractivity contribution in [3.63, 3.8) is 0 Å². The molecule has 0 saturated carbocycles. The molecule has 3 heteroatoms. The summed E-state index contributed by atoms with van der Waals surface area (Å²) >= 11 is 1.87. The Morgan fingerprint density at radius 2 is 1.38 bits per heavy atom. The van der Waals surface area contributed by atoms with Crippen LogP contribution in [0.15, 0.2) is 119 Å². The number of hydrogen-bond acceptors (Lipinski definition) is 2. The van der Waals surface area contributed by atoms with Crippen LogP contribution >= 0.6 is 11.8 Å². The smallest absolute Gasteiger partial charge is 0.0724 e. The number of hydrogen-bond donors (Lipinski definition) is 0. The fourth-order valence-corrected chi connectivity index (χ4v) is 6.80. The number of pyridine rings is 1. The minimum atomic E-state index is 1.14. The van der Waals surface area contributed by atoms with Gasteiger partial charge in [0, 0.05) is 37.5 Å². The van der Waals surface area contributed by atoms with E-state index >= 15 is 0 Å². The molecule has 7 aromatic rings. The standard InChI is InChI=1S/C31H18N2S/c1-2-9-20-19(7-1)8-5-12-25(20)33-26-17-24-21-10-3-4-13-28(21)34-29-14-6-11-23(31(24)29)30(26)22-15-16-32-18-27(22)33/h1-18H. The normalized spacial score (nSPS) is 12.6. The summed E-state index contributed by atoms with van der Waals surface area (Å²) in [4.78, 5) is 7.18. The fraction of sp³-hybridized carbons (Fsp3) is 0. The number of benzene rings is 5. The van der Waals surface area contributed by atoms with Gasteiger partial charge < -0.3 is 4.57 Å². The molecule has 8 rings (SSSR count). The topological polar surface area (TPSA) is 17.8 Å². The summed E-state index contributed by atoms with van der Waals surface area (Å²) in [5.74, 6) is 0. The second kappa shape index (κ2) is 6.72. The zero-order valence-electron chi connectivity index (χ0n) is 18.2. The van der Waals surface area contributed by atoms with Crippen molar-refractivity contribution < 1.29 is 0 Å². The van der Waals surface area contributed by atoms with Crippen LogP contribution in [0.1, 0.15) is 0 Å². The van der Waals surface area contributed by atoms with Crippen molar-refractivity contribution in [3.05, 3.63) is 109 Å². The third-order valence-electron chi connectivity index (χ3n) is 7.06. The quantitative estimate of drug-likeness (QED) is 0.249. The lowest BCUT2D eigenvalue weighted by Gasteiger charge is -2.21. The monoisotopic (exact) mass is 450 g/mol. The van der Waals surface area contributed by atoms with Gasteiger partial charge >= 0.3 is 0 Å². The van der Waals surface area contributed by atoms with Crippen LogP contribution in [0.4, 0.5) is 0 Å². The molecule has 0 N–H and O–H groups in total. The van der Waals surface area contributed by atoms with Gasteiger partial charge in [0.1, 0.15) is 0 Å². The molecule has 0 radical (unpaired) electrons. The van der Waals surface area contributed by atoms with Gasteiger partial charge in [-0.2, -0.15) is 0 Å². The summed E-state index contributed by atoms with van der Waals surface area (Å²) in [5.41, 5.74) is 6.17. The van der Waals surface area contributed by atoms with Crippen LogP contribution in [0.3, 0.4) is 0 Å². The van der Waals surface area contributed by atoms with Gasteiger partial charge in [-0.05, 0) is 52.2 Å². The Labute approximate surface area is 200 Å². The molecule has 0 bridgehead atoms. The molecular formula is C31H18N2S. The largest absolute Gasteiger partial charge is 0.307 e. The molecular weight excluding hydrogens is 432 g/mol. The maximum absolute atomic E-state index is 4.54. The molecule has 0 atom stereocenters. The van der Waals surface area contributed by atoms with E-state index in [2.05, 4.69) is 107 Å². The minimum Gasteiger partial charge on any atom is -0.307 e. The second-order valence-corrected chi connectivity index (χ2v) is 9.91. The van der Waals surface area contributed by atoms with Crippen LogP contribution in [0.25, 0.3) is 60.2 Å². The van der Waals surface area contributed by atoms with Crippen molar-refractivity contribution in [2.24, 2.45) is 0 Å². The van der Waals surface area contributed by atoms with Crippen LogP contribution in [-0.2, 0) is 0 Å². The van der Waals surface area contributed by atoms with Crippen molar-refractivity contribution in [1.82, 2.24) is 9.55 Å². The first-order chi connectivity index (χ1) is 16.9. The Balaban J connectivity index is 1.64. The molecule has 0 amide bonds. The van der Waals surface area contributed by atoms with E-state index in [0.29, 0.717) is 0 Å². The molecule has 3 heterocycles. The first-order valence-corrected chi connectivity index (χ1v) is 12.3. The van der Waals surface area contributed by atoms with Gasteiger partial charge in [0.15, 0.2) is 0 Å². The van der Waals surface area contributed by atoms with Crippen LogP contribution in [-0.4, -0.2) is 9.55 Å². The third kappa shape index (κ3) is 2.34. The maximum Gasteiger partial charge on any atom is 0.0724 e. The minimum absolute atomic E-state index is 1.14. The van der Waals surface area contributed by atoms with Crippen molar-refractivity contribution in [1.29, 1.82) is 0 Å². The average molecular weight is 451 g/mol. The van der Waals surface area contributed by atoms with Crippen LogP contribution in [0.2, 0.25) is 0 Å². The van der Waals surface area contributed by atoms with Gasteiger partial charge in [-0.3, -0.25) is 4.98 Å². The highest BCUT2D eigenvalue weighted by atomic mass is 32.2. The Morgan fingerprint density at radius 3 is 2.38 bits per heavy atom. The van der Waals surface area contributed by atoms with Crippen molar-refractivity contribution in [2.75, 3.05) is 0 Å². The number of aromatic nitrogens is 2. The predicted octanol–water partition coefficient (Wildman–Crippen LogP) is 8.62. The molecule has 1 aliphatic heterocycles. The van der Waals surface area contributed by atoms with E-state index < -0.39 is 0 Å². The van der Waals surface area contributed by atoms with Crippen molar-refractivity contribution >= 4 is 55.1 Å². The highest BCUT2D eigenvalue weighted by molar-refractivity contribution is 7.99. The summed E-state index contributed by atoms with van der Waals surface area (Å²) in [6, 6.07) is 35.3. The van der Waals surface area contributed by atoms with Crippen LogP contribution < -0.4 is 0 Å². The van der Waals surface area contributed by atoms with Gasteiger partial charge in [-0.25, -0.2) is 0 Å². The van der Waals surface area contributed by atoms with E-state index in [-0.39, 0.29) is 0 Å². The molecule has 0 fully saturated rings. The number of rotatable bonds is 1. The molecule has 2 aromatic heterocycles. The Hall–Kier alpha value is -4.08. The first kappa shape index (κ1) is 18.4. The molecule has 34 heavy (non-hydrogen) atoms. The summed E-state index contributed by atoms with van der Waals surface area (Å²) < 4.78 is 2.41. The zero-order chi connectivity index (χ0) is 22.2. The molecule has 0 aliphatic carbocycles. The SMILES string of the molecule is c1ccc2c(c1)Sc1cccc3c1c-2cc1c3c2ccncc2n1-c1cccc2ccccc12. The molecule has 0 saturated heterocycles. The van der Waals surface area contributed by atoms with E-state index in [0.717, 1.165) is 5.52 Å². The Kier molecular flexibility index (Phi) is 3.63. The number of nitrogens with zero attached hydrogens (tertiary/aromatic N) is 2. The van der Waals surface area contributed by atoms with Gasteiger partial charge in [-0.15, -0.1) is 0 Å². The van der Waals surface area contributed by atoms with E-state index in [1.54, 1.807) is 0 Å². The lowest BCUT2D eigenvalue weighted by molar-refractivity contribution is 1.18. The molecule has 5 aromatic carbocycles. The zero-order valence-corrected chi connectivity index (χ0v) is 19.0. The van der Waals surface area contributed by atoms with Crippen LogP contribution in [0.5, 0.6) is 0 Å². The molecule has 0 spiro atoms. The lowest BCUT2D eigenvalue weighted by atomic mass is 9.94. The van der Waals surface area contributed by atoms with Crippen LogP contribution in [0, 0.1) is 0 Å². The summed E-state index contributed by atoms with van der Waals surface area (Å²) in [6.07, 6.45) is 3.92. The molecule has 2 nitrogen and oxygen atoms in total. The fourth-order valence-electron chi connectivity index (χ4n) is 5.66. The van der Waals surface area contributed by atoms with Gasteiger partial charge in [0.05, 0.1) is 22.9 Å². The summed E-state index contributed by atoms with van der Waals surface area (Å²) in [7, 11) is 0. The van der Waals surface area contributed by atoms with Gasteiger partial charge in [0.25, 0.3) is 0 Å². The first-order valence-electron chi connectivity index (χ1n) is 11.5. The van der Waals surface area contributed by atoms with E-state index in [1.807, 2.05) is 24.2 Å². The van der Waals surface area contributed by atoms with E-state index in [4.69, 9.17) is 0 Å². The Bertz CT molecular complexity index is 1940. The molecule has 1 aliphatic rings. The summed E-state index contributed by atoms with van der Waals surface area (Å²) in [6.45, 7) is 0. The molecule has 158 valence electrons. The van der Waals surface area contributed by atoms with E-state index in [1.165, 1.54) is 64.4 Å². The Morgan fingerprint density at radius 1 is 0.588 bits per heavy atom. The van der Waals surface area contributed by atoms with Crippen molar-refractivity contribution in [2.45, 2.75) is 9.79 Å². The lowest BCUT2D eigenvalue weighted by Crippen LogP contribution is -1.97. The second-order valence-electron chi connectivity index (χ2n) is 8.82. The predicted molar refractivity (Wildman–Crippen MR) is 143 cm³/mol. The highest BCUT2D eigenvalue weighted by Gasteiger charge is 2.24. The maximum atomic E-state index is 4.54.